The fraction of sp³-hybridized carbons (Fsp3) is 0.523. The number of carbonyl (C=O) groups is 3. The number of allylic oxidation sites excluding steroid dienone is 2. The van der Waals surface area contributed by atoms with Crippen molar-refractivity contribution in [2.45, 2.75) is 81.9 Å². The lowest BCUT2D eigenvalue weighted by Crippen LogP contribution is -2.48. The molecule has 1 aromatic carbocycles. The van der Waals surface area contributed by atoms with Gasteiger partial charge in [0.2, 0.25) is 11.8 Å². The molecule has 0 spiro atoms. The number of ether oxygens (including phenoxy) is 1. The summed E-state index contributed by atoms with van der Waals surface area (Å²) >= 11 is 0. The molecule has 5 heterocycles. The highest BCUT2D eigenvalue weighted by molar-refractivity contribution is 6.19. The number of fused-ring (bicyclic) bond motifs is 3. The van der Waals surface area contributed by atoms with E-state index in [1.807, 2.05) is 18.2 Å². The minimum Gasteiger partial charge on any atom is -0.404 e. The predicted molar refractivity (Wildman–Crippen MR) is 227 cm³/mol. The maximum atomic E-state index is 13.9. The van der Waals surface area contributed by atoms with Crippen molar-refractivity contribution >= 4 is 40.5 Å². The first-order chi connectivity index (χ1) is 30.0. The lowest BCUT2D eigenvalue weighted by Gasteiger charge is -2.37. The molecule has 2 saturated carbocycles. The highest BCUT2D eigenvalue weighted by Crippen LogP contribution is 2.45. The highest BCUT2D eigenvalue weighted by Gasteiger charge is 2.42. The number of benzene rings is 1. The summed E-state index contributed by atoms with van der Waals surface area (Å²) in [4.78, 5) is 69.3. The van der Waals surface area contributed by atoms with Crippen molar-refractivity contribution in [3.63, 3.8) is 0 Å². The summed E-state index contributed by atoms with van der Waals surface area (Å²) in [5, 5.41) is 4.85. The van der Waals surface area contributed by atoms with Crippen LogP contribution in [0, 0.1) is 23.7 Å². The SMILES string of the molecule is Cn1c(=O)n(C2CCC(=O)NC2=O)c2cccc(C#CCN3CCN(CC4CCC(N=CC(NC(=O)C(=CN)c5nccc(C6C[C@H]7C[C@@H]6CO7)n5)=C(N)C(F)F)CC4)CC3)c21. The zero-order chi connectivity index (χ0) is 43.5. The number of amides is 3. The van der Waals surface area contributed by atoms with Gasteiger partial charge in [0, 0.05) is 76.4 Å². The molecule has 3 aromatic rings. The number of aryl methyl sites for hydroxylation is 1. The number of carbonyl (C=O) groups excluding carboxylic acids is 3. The van der Waals surface area contributed by atoms with E-state index in [0.717, 1.165) is 83.1 Å². The second kappa shape index (κ2) is 18.7. The molecule has 62 heavy (non-hydrogen) atoms. The molecule has 2 aliphatic carbocycles. The molecule has 5 fully saturated rings. The summed E-state index contributed by atoms with van der Waals surface area (Å²) in [5.41, 5.74) is 13.0. The number of halogens is 2. The van der Waals surface area contributed by atoms with E-state index in [4.69, 9.17) is 16.2 Å². The number of hydrogen-bond donors (Lipinski definition) is 4. The zero-order valence-corrected chi connectivity index (χ0v) is 34.8. The van der Waals surface area contributed by atoms with Gasteiger partial charge in [0.05, 0.1) is 53.2 Å². The first-order valence-electron chi connectivity index (χ1n) is 21.4. The standard InChI is InChI=1S/C44H53F2N11O5/c1-54-39-27(4-2-6-35(39)57(44(54)61)36-11-12-37(58)53-43(36)60)5-3-15-55-16-18-56(19-17-55)24-26-7-9-29(10-8-26)50-23-34(38(48)40(45)46)52-42(59)32(22-47)41-49-14-13-33(51-41)31-21-30-20-28(31)25-62-30/h2,4,6,13-14,22-23,26,28-31,36,40H,7-12,15-21,24-25,47-48H2,1H3,(H,52,59)(H,53,58,60)/t26?,28-,29?,30-,31?,36?/m1/s1. The van der Waals surface area contributed by atoms with Crippen molar-refractivity contribution in [2.24, 2.45) is 35.3 Å². The second-order valence-electron chi connectivity index (χ2n) is 17.0. The van der Waals surface area contributed by atoms with Crippen LogP contribution >= 0.6 is 0 Å². The molecule has 3 amide bonds. The van der Waals surface area contributed by atoms with Gasteiger partial charge in [-0.3, -0.25) is 38.7 Å². The monoisotopic (exact) mass is 853 g/mol. The molecule has 6 N–H and O–H groups in total. The molecular weight excluding hydrogens is 801 g/mol. The Bertz CT molecular complexity index is 2420. The van der Waals surface area contributed by atoms with Gasteiger partial charge >= 0.3 is 5.69 Å². The third-order valence-electron chi connectivity index (χ3n) is 13.1. The molecule has 3 aliphatic heterocycles. The van der Waals surface area contributed by atoms with Crippen LogP contribution in [0.15, 0.2) is 57.8 Å². The van der Waals surface area contributed by atoms with Crippen molar-refractivity contribution in [1.82, 2.24) is 39.5 Å². The number of aromatic nitrogens is 4. The Balaban J connectivity index is 0.808. The van der Waals surface area contributed by atoms with Crippen molar-refractivity contribution in [3.8, 4) is 11.8 Å². The van der Waals surface area contributed by atoms with Crippen LogP contribution in [0.4, 0.5) is 8.78 Å². The Morgan fingerprint density at radius 2 is 1.85 bits per heavy atom. The van der Waals surface area contributed by atoms with E-state index in [-0.39, 0.29) is 59.6 Å². The smallest absolute Gasteiger partial charge is 0.329 e. The van der Waals surface area contributed by atoms with Crippen molar-refractivity contribution < 1.29 is 27.9 Å². The molecule has 0 radical (unpaired) electrons. The Labute approximate surface area is 357 Å². The Kier molecular flexibility index (Phi) is 12.9. The summed E-state index contributed by atoms with van der Waals surface area (Å²) in [6.45, 7) is 5.76. The summed E-state index contributed by atoms with van der Waals surface area (Å²) in [6, 6.07) is 6.48. The van der Waals surface area contributed by atoms with Crippen LogP contribution < -0.4 is 27.8 Å². The predicted octanol–water partition coefficient (Wildman–Crippen LogP) is 2.15. The third kappa shape index (κ3) is 9.20. The molecule has 2 unspecified atom stereocenters. The molecule has 5 aliphatic rings. The van der Waals surface area contributed by atoms with E-state index in [1.165, 1.54) is 15.3 Å². The number of nitrogens with one attached hydrogen (secondary N) is 2. The molecule has 16 nitrogen and oxygen atoms in total. The maximum absolute atomic E-state index is 13.9. The zero-order valence-electron chi connectivity index (χ0n) is 34.8. The molecule has 2 aromatic heterocycles. The van der Waals surface area contributed by atoms with E-state index >= 15 is 0 Å². The fourth-order valence-corrected chi connectivity index (χ4v) is 9.63. The Morgan fingerprint density at radius 3 is 2.55 bits per heavy atom. The largest absolute Gasteiger partial charge is 0.404 e. The van der Waals surface area contributed by atoms with Crippen molar-refractivity contribution in [1.29, 1.82) is 0 Å². The van der Waals surface area contributed by atoms with Crippen molar-refractivity contribution in [2.75, 3.05) is 45.9 Å². The van der Waals surface area contributed by atoms with E-state index in [0.29, 0.717) is 41.6 Å². The minimum atomic E-state index is -3.01. The molecule has 328 valence electrons. The van der Waals surface area contributed by atoms with Gasteiger partial charge in [-0.1, -0.05) is 17.9 Å². The molecule has 2 bridgehead atoms. The summed E-state index contributed by atoms with van der Waals surface area (Å²) in [7, 11) is 1.67. The number of piperazine rings is 1. The number of piperidine rings is 1. The van der Waals surface area contributed by atoms with Gasteiger partial charge in [0.25, 0.3) is 12.3 Å². The topological polar surface area (TPSA) is 208 Å². The molecular formula is C44H53F2N11O5. The van der Waals surface area contributed by atoms with Gasteiger partial charge in [-0.15, -0.1) is 0 Å². The van der Waals surface area contributed by atoms with Crippen LogP contribution in [0.1, 0.15) is 80.4 Å². The average Bonchev–Trinajstić information content (AvgIpc) is 3.98. The Morgan fingerprint density at radius 1 is 1.08 bits per heavy atom. The number of hydrogen-bond acceptors (Lipinski definition) is 12. The second-order valence-corrected chi connectivity index (χ2v) is 17.0. The van der Waals surface area contributed by atoms with Crippen LogP contribution in [0.2, 0.25) is 0 Å². The number of imidazole rings is 1. The van der Waals surface area contributed by atoms with Gasteiger partial charge in [0.15, 0.2) is 5.82 Å². The third-order valence-corrected chi connectivity index (χ3v) is 13.1. The number of aliphatic imine (C=N–C) groups is 1. The van der Waals surface area contributed by atoms with Crippen LogP contribution in [-0.2, 0) is 26.2 Å². The fourth-order valence-electron chi connectivity index (χ4n) is 9.63. The minimum absolute atomic E-state index is 0.0584. The molecule has 4 atom stereocenters. The van der Waals surface area contributed by atoms with Gasteiger partial charge in [-0.2, -0.15) is 0 Å². The summed E-state index contributed by atoms with van der Waals surface area (Å²) in [5.74, 6) is 6.12. The number of imide groups is 1. The maximum Gasteiger partial charge on any atom is 0.329 e. The average molecular weight is 854 g/mol. The number of nitrogens with zero attached hydrogens (tertiary/aromatic N) is 7. The highest BCUT2D eigenvalue weighted by atomic mass is 19.3. The van der Waals surface area contributed by atoms with Gasteiger partial charge in [0.1, 0.15) is 11.7 Å². The van der Waals surface area contributed by atoms with E-state index < -0.39 is 30.0 Å². The lowest BCUT2D eigenvalue weighted by molar-refractivity contribution is -0.135. The molecule has 18 heteroatoms. The molecule has 3 saturated heterocycles. The van der Waals surface area contributed by atoms with Crippen LogP contribution in [0.25, 0.3) is 16.6 Å². The van der Waals surface area contributed by atoms with Crippen LogP contribution in [0.5, 0.6) is 0 Å². The Hall–Kier alpha value is -5.77. The first kappa shape index (κ1) is 42.9. The molecule has 8 rings (SSSR count). The van der Waals surface area contributed by atoms with Crippen LogP contribution in [-0.4, -0.2) is 117 Å². The van der Waals surface area contributed by atoms with Gasteiger partial charge < -0.3 is 26.4 Å². The normalized spacial score (nSPS) is 26.5. The quantitative estimate of drug-likeness (QED) is 0.0952. The number of rotatable bonds is 11. The summed E-state index contributed by atoms with van der Waals surface area (Å²) in [6.07, 6.45) is 6.80. The van der Waals surface area contributed by atoms with Gasteiger partial charge in [-0.25, -0.2) is 23.5 Å². The number of para-hydroxylation sites is 1. The van der Waals surface area contributed by atoms with E-state index in [2.05, 4.69) is 47.2 Å². The summed E-state index contributed by atoms with van der Waals surface area (Å²) < 4.78 is 36.4. The van der Waals surface area contributed by atoms with E-state index in [1.54, 1.807) is 19.3 Å². The first-order valence-corrected chi connectivity index (χ1v) is 21.4. The number of nitrogens with two attached hydrogens (primary N) is 2. The lowest BCUT2D eigenvalue weighted by atomic mass is 9.86. The van der Waals surface area contributed by atoms with Gasteiger partial charge in [-0.05, 0) is 75.0 Å². The number of alkyl halides is 2. The van der Waals surface area contributed by atoms with Crippen LogP contribution in [0.3, 0.4) is 0 Å². The van der Waals surface area contributed by atoms with Crippen molar-refractivity contribution in [3.05, 3.63) is 75.6 Å². The van der Waals surface area contributed by atoms with E-state index in [9.17, 15) is 28.0 Å².